The molecule has 1 N–H and O–H groups in total. The fourth-order valence-corrected chi connectivity index (χ4v) is 3.28. The Bertz CT molecular complexity index is 1090. The molecule has 0 saturated heterocycles. The minimum absolute atomic E-state index is 0.0285. The van der Waals surface area contributed by atoms with Crippen LogP contribution in [-0.4, -0.2) is 24.7 Å². The first kappa shape index (κ1) is 16.3. The molecule has 7 nitrogen and oxygen atoms in total. The number of nitroso groups, excluding NO2 is 1. The summed E-state index contributed by atoms with van der Waals surface area (Å²) in [5.41, 5.74) is 2.25. The van der Waals surface area contributed by atoms with Crippen molar-refractivity contribution in [2.45, 2.75) is 13.1 Å². The number of benzene rings is 2. The first-order valence-electron chi connectivity index (χ1n) is 7.93. The van der Waals surface area contributed by atoms with Gasteiger partial charge in [-0.1, -0.05) is 59.3 Å². The Balaban J connectivity index is 1.68. The number of para-hydroxylation sites is 1. The van der Waals surface area contributed by atoms with Crippen molar-refractivity contribution in [3.63, 3.8) is 0 Å². The summed E-state index contributed by atoms with van der Waals surface area (Å²) in [4.78, 5) is 11.1. The van der Waals surface area contributed by atoms with Crippen LogP contribution in [0.1, 0.15) is 11.3 Å². The predicted octanol–water partition coefficient (Wildman–Crippen LogP) is 4.09. The highest BCUT2D eigenvalue weighted by Gasteiger charge is 2.20. The second kappa shape index (κ2) is 6.61. The molecule has 0 amide bonds. The van der Waals surface area contributed by atoms with Crippen LogP contribution in [0.15, 0.2) is 59.9 Å². The van der Waals surface area contributed by atoms with Crippen LogP contribution in [0.25, 0.3) is 10.9 Å². The minimum atomic E-state index is -0.235. The summed E-state index contributed by atoms with van der Waals surface area (Å²) in [7, 11) is 0. The molecule has 26 heavy (non-hydrogen) atoms. The van der Waals surface area contributed by atoms with E-state index in [0.717, 1.165) is 5.56 Å². The van der Waals surface area contributed by atoms with E-state index in [1.165, 1.54) is 4.57 Å². The van der Waals surface area contributed by atoms with Gasteiger partial charge in [0.15, 0.2) is 5.69 Å². The lowest BCUT2D eigenvalue weighted by atomic mass is 10.2. The fourth-order valence-electron chi connectivity index (χ4n) is 3.00. The second-order valence-electron chi connectivity index (χ2n) is 5.88. The summed E-state index contributed by atoms with van der Waals surface area (Å²) in [5, 5.41) is 22.5. The maximum atomic E-state index is 11.1. The summed E-state index contributed by atoms with van der Waals surface area (Å²) < 4.78 is 3.24. The molecule has 0 spiro atoms. The molecule has 0 fully saturated rings. The summed E-state index contributed by atoms with van der Waals surface area (Å²) in [6, 6.07) is 15.0. The van der Waals surface area contributed by atoms with Gasteiger partial charge >= 0.3 is 0 Å². The zero-order valence-corrected chi connectivity index (χ0v) is 14.3. The predicted molar refractivity (Wildman–Crippen MR) is 98.7 cm³/mol. The van der Waals surface area contributed by atoms with E-state index in [0.29, 0.717) is 28.2 Å². The molecule has 0 unspecified atom stereocenters. The van der Waals surface area contributed by atoms with Crippen molar-refractivity contribution in [3.8, 4) is 5.88 Å². The number of aromatic hydroxyl groups is 1. The van der Waals surface area contributed by atoms with E-state index in [1.54, 1.807) is 29.1 Å². The van der Waals surface area contributed by atoms with E-state index in [2.05, 4.69) is 15.5 Å². The van der Waals surface area contributed by atoms with E-state index in [4.69, 9.17) is 11.6 Å². The third-order valence-corrected chi connectivity index (χ3v) is 4.47. The van der Waals surface area contributed by atoms with Crippen molar-refractivity contribution in [2.75, 3.05) is 0 Å². The summed E-state index contributed by atoms with van der Waals surface area (Å²) in [6.45, 7) is 0.810. The number of fused-ring (bicyclic) bond motifs is 1. The topological polar surface area (TPSA) is 85.3 Å². The van der Waals surface area contributed by atoms with Crippen LogP contribution >= 0.6 is 11.6 Å². The van der Waals surface area contributed by atoms with Crippen molar-refractivity contribution in [2.24, 2.45) is 5.18 Å². The largest absolute Gasteiger partial charge is 0.493 e. The fraction of sp³-hybridized carbons (Fsp3) is 0.111. The van der Waals surface area contributed by atoms with Crippen LogP contribution in [0.3, 0.4) is 0 Å². The van der Waals surface area contributed by atoms with Gasteiger partial charge in [0.25, 0.3) is 0 Å². The molecular weight excluding hydrogens is 354 g/mol. The molecule has 0 bridgehead atoms. The average Bonchev–Trinajstić information content (AvgIpc) is 3.19. The zero-order chi connectivity index (χ0) is 18.1. The lowest BCUT2D eigenvalue weighted by molar-refractivity contribution is 0.429. The van der Waals surface area contributed by atoms with Crippen LogP contribution in [0.2, 0.25) is 5.02 Å². The Morgan fingerprint density at radius 1 is 1.08 bits per heavy atom. The van der Waals surface area contributed by atoms with Crippen molar-refractivity contribution in [3.05, 3.63) is 75.9 Å². The molecule has 2 aromatic carbocycles. The highest BCUT2D eigenvalue weighted by molar-refractivity contribution is 6.35. The van der Waals surface area contributed by atoms with Gasteiger partial charge in [0, 0.05) is 5.39 Å². The second-order valence-corrected chi connectivity index (χ2v) is 6.29. The van der Waals surface area contributed by atoms with Crippen molar-refractivity contribution in [1.82, 2.24) is 19.6 Å². The van der Waals surface area contributed by atoms with Gasteiger partial charge in [-0.15, -0.1) is 10.0 Å². The smallest absolute Gasteiger partial charge is 0.222 e. The van der Waals surface area contributed by atoms with Crippen LogP contribution in [0.5, 0.6) is 5.88 Å². The lowest BCUT2D eigenvalue weighted by Gasteiger charge is -2.05. The summed E-state index contributed by atoms with van der Waals surface area (Å²) in [6.07, 6.45) is 1.79. The van der Waals surface area contributed by atoms with Gasteiger partial charge in [-0.2, -0.15) is 0 Å². The Morgan fingerprint density at radius 3 is 2.65 bits per heavy atom. The summed E-state index contributed by atoms with van der Waals surface area (Å²) in [5.74, 6) is -0.235. The molecule has 130 valence electrons. The third-order valence-electron chi connectivity index (χ3n) is 4.16. The van der Waals surface area contributed by atoms with E-state index in [9.17, 15) is 10.0 Å². The molecule has 0 aliphatic rings. The number of aromatic nitrogens is 4. The standard InChI is InChI=1S/C18H14ClN5O2/c19-15-8-4-7-14-16(21-26)18(25)24(17(14)15)11-13-10-23(22-20-13)9-12-5-2-1-3-6-12/h1-8,10,25H,9,11H2. The SMILES string of the molecule is O=Nc1c(O)n(Cc2cn(Cc3ccccc3)nn2)c2c(Cl)cccc12. The number of hydrogen-bond donors (Lipinski definition) is 1. The summed E-state index contributed by atoms with van der Waals surface area (Å²) >= 11 is 6.27. The number of halogens is 1. The maximum absolute atomic E-state index is 11.1. The monoisotopic (exact) mass is 367 g/mol. The van der Waals surface area contributed by atoms with Gasteiger partial charge in [-0.3, -0.25) is 0 Å². The van der Waals surface area contributed by atoms with E-state index in [1.807, 2.05) is 30.3 Å². The van der Waals surface area contributed by atoms with Gasteiger partial charge in [0.2, 0.25) is 5.88 Å². The van der Waals surface area contributed by atoms with Crippen LogP contribution in [-0.2, 0) is 13.1 Å². The van der Waals surface area contributed by atoms with Crippen LogP contribution in [0, 0.1) is 4.91 Å². The zero-order valence-electron chi connectivity index (χ0n) is 13.6. The van der Waals surface area contributed by atoms with Gasteiger partial charge in [0.1, 0.15) is 5.69 Å². The molecule has 2 aromatic heterocycles. The number of nitrogens with zero attached hydrogens (tertiary/aromatic N) is 5. The van der Waals surface area contributed by atoms with Crippen molar-refractivity contribution >= 4 is 28.2 Å². The Morgan fingerprint density at radius 2 is 1.88 bits per heavy atom. The first-order valence-corrected chi connectivity index (χ1v) is 8.31. The first-order chi connectivity index (χ1) is 12.7. The molecular formula is C18H14ClN5O2. The molecule has 4 aromatic rings. The highest BCUT2D eigenvalue weighted by atomic mass is 35.5. The third kappa shape index (κ3) is 2.82. The van der Waals surface area contributed by atoms with Crippen LogP contribution < -0.4 is 0 Å². The van der Waals surface area contributed by atoms with Gasteiger partial charge in [0.05, 0.1) is 29.8 Å². The number of hydrogen-bond acceptors (Lipinski definition) is 5. The molecule has 0 aliphatic heterocycles. The molecule has 0 aliphatic carbocycles. The Kier molecular flexibility index (Phi) is 4.14. The van der Waals surface area contributed by atoms with Gasteiger partial charge < -0.3 is 9.67 Å². The van der Waals surface area contributed by atoms with E-state index >= 15 is 0 Å². The van der Waals surface area contributed by atoms with Gasteiger partial charge in [-0.25, -0.2) is 4.68 Å². The van der Waals surface area contributed by atoms with E-state index < -0.39 is 0 Å². The number of rotatable bonds is 5. The Labute approximate surface area is 153 Å². The normalized spacial score (nSPS) is 11.1. The highest BCUT2D eigenvalue weighted by Crippen LogP contribution is 2.41. The molecule has 0 saturated carbocycles. The minimum Gasteiger partial charge on any atom is -0.493 e. The van der Waals surface area contributed by atoms with Crippen molar-refractivity contribution in [1.29, 1.82) is 0 Å². The average molecular weight is 368 g/mol. The molecule has 0 radical (unpaired) electrons. The molecule has 4 rings (SSSR count). The van der Waals surface area contributed by atoms with E-state index in [-0.39, 0.29) is 18.1 Å². The lowest BCUT2D eigenvalue weighted by Crippen LogP contribution is -2.00. The quantitative estimate of drug-likeness (QED) is 0.538. The molecule has 8 heteroatoms. The van der Waals surface area contributed by atoms with Crippen LogP contribution in [0.4, 0.5) is 5.69 Å². The van der Waals surface area contributed by atoms with Crippen molar-refractivity contribution < 1.29 is 5.11 Å². The molecule has 2 heterocycles. The maximum Gasteiger partial charge on any atom is 0.222 e. The van der Waals surface area contributed by atoms with Gasteiger partial charge in [-0.05, 0) is 16.8 Å². The Hall–Kier alpha value is -3.19. The molecule has 0 atom stereocenters.